The molecule has 0 bridgehead atoms. The molecule has 1 aliphatic rings. The predicted octanol–water partition coefficient (Wildman–Crippen LogP) is 1.08. The normalized spacial score (nSPS) is 18.6. The largest absolute Gasteiger partial charge is 0.383 e. The minimum atomic E-state index is -3.58. The lowest BCUT2D eigenvalue weighted by Gasteiger charge is -2.21. The van der Waals surface area contributed by atoms with Crippen LogP contribution in [0, 0.1) is 0 Å². The number of nitrogens with zero attached hydrogens (tertiary/aromatic N) is 3. The zero-order valence-corrected chi connectivity index (χ0v) is 13.6. The molecule has 0 atom stereocenters. The lowest BCUT2D eigenvalue weighted by Crippen LogP contribution is -2.36. The summed E-state index contributed by atoms with van der Waals surface area (Å²) >= 11 is 5.92. The Kier molecular flexibility index (Phi) is 5.95. The molecular formula is C13H20ClN3O3S. The molecule has 0 radical (unpaired) electrons. The van der Waals surface area contributed by atoms with Gasteiger partial charge in [-0.2, -0.15) is 4.31 Å². The molecule has 2 heterocycles. The SMILES string of the molecule is COCCN1CCCN(S(=O)(=O)c2cccnc2Cl)CC1. The molecule has 1 aromatic heterocycles. The van der Waals surface area contributed by atoms with Crippen LogP contribution in [0.5, 0.6) is 0 Å². The van der Waals surface area contributed by atoms with Crippen LogP contribution in [0.2, 0.25) is 5.15 Å². The Balaban J connectivity index is 2.09. The number of ether oxygens (including phenoxy) is 1. The summed E-state index contributed by atoms with van der Waals surface area (Å²) < 4.78 is 31.8. The lowest BCUT2D eigenvalue weighted by atomic mass is 10.4. The van der Waals surface area contributed by atoms with Crippen LogP contribution in [0.25, 0.3) is 0 Å². The highest BCUT2D eigenvalue weighted by molar-refractivity contribution is 7.89. The third kappa shape index (κ3) is 4.14. The summed E-state index contributed by atoms with van der Waals surface area (Å²) in [6.07, 6.45) is 2.27. The van der Waals surface area contributed by atoms with Gasteiger partial charge in [0.15, 0.2) is 0 Å². The monoisotopic (exact) mass is 333 g/mol. The molecule has 0 aromatic carbocycles. The molecule has 8 heteroatoms. The first kappa shape index (κ1) is 16.6. The van der Waals surface area contributed by atoms with Gasteiger partial charge in [-0.15, -0.1) is 0 Å². The van der Waals surface area contributed by atoms with Crippen LogP contribution in [0.3, 0.4) is 0 Å². The van der Waals surface area contributed by atoms with Gasteiger partial charge in [-0.3, -0.25) is 4.90 Å². The molecule has 0 N–H and O–H groups in total. The fourth-order valence-electron chi connectivity index (χ4n) is 2.33. The van der Waals surface area contributed by atoms with Crippen molar-refractivity contribution < 1.29 is 13.2 Å². The van der Waals surface area contributed by atoms with E-state index >= 15 is 0 Å². The Morgan fingerprint density at radius 3 is 2.86 bits per heavy atom. The summed E-state index contributed by atoms with van der Waals surface area (Å²) in [5.74, 6) is 0. The average Bonchev–Trinajstić information content (AvgIpc) is 2.71. The van der Waals surface area contributed by atoms with Crippen LogP contribution in [-0.4, -0.2) is 69.0 Å². The van der Waals surface area contributed by atoms with E-state index in [4.69, 9.17) is 16.3 Å². The van der Waals surface area contributed by atoms with Crippen molar-refractivity contribution in [1.82, 2.24) is 14.2 Å². The summed E-state index contributed by atoms with van der Waals surface area (Å²) in [6.45, 7) is 3.99. The first-order valence-corrected chi connectivity index (χ1v) is 8.69. The standard InChI is InChI=1S/C13H20ClN3O3S/c1-20-11-10-16-6-3-7-17(9-8-16)21(18,19)12-4-2-5-15-13(12)14/h2,4-5H,3,6-11H2,1H3. The Morgan fingerprint density at radius 2 is 2.14 bits per heavy atom. The number of hydrogen-bond acceptors (Lipinski definition) is 5. The van der Waals surface area contributed by atoms with Crippen molar-refractivity contribution in [3.8, 4) is 0 Å². The second-order valence-electron chi connectivity index (χ2n) is 4.88. The first-order valence-electron chi connectivity index (χ1n) is 6.87. The van der Waals surface area contributed by atoms with Crippen LogP contribution in [0.1, 0.15) is 6.42 Å². The molecule has 6 nitrogen and oxygen atoms in total. The van der Waals surface area contributed by atoms with Crippen molar-refractivity contribution in [2.24, 2.45) is 0 Å². The van der Waals surface area contributed by atoms with E-state index in [0.29, 0.717) is 26.2 Å². The van der Waals surface area contributed by atoms with Crippen LogP contribution in [-0.2, 0) is 14.8 Å². The maximum atomic E-state index is 12.6. The number of sulfonamides is 1. The van der Waals surface area contributed by atoms with Crippen LogP contribution in [0.4, 0.5) is 0 Å². The highest BCUT2D eigenvalue weighted by Gasteiger charge is 2.28. The van der Waals surface area contributed by atoms with Crippen molar-refractivity contribution in [2.75, 3.05) is 46.4 Å². The average molecular weight is 334 g/mol. The second-order valence-corrected chi connectivity index (χ2v) is 7.15. The van der Waals surface area contributed by atoms with Crippen molar-refractivity contribution in [1.29, 1.82) is 0 Å². The van der Waals surface area contributed by atoms with Gasteiger partial charge in [-0.1, -0.05) is 11.6 Å². The fraction of sp³-hybridized carbons (Fsp3) is 0.615. The van der Waals surface area contributed by atoms with E-state index in [0.717, 1.165) is 19.5 Å². The van der Waals surface area contributed by atoms with E-state index in [-0.39, 0.29) is 10.0 Å². The van der Waals surface area contributed by atoms with E-state index in [1.807, 2.05) is 0 Å². The summed E-state index contributed by atoms with van der Waals surface area (Å²) in [5.41, 5.74) is 0. The molecule has 0 aliphatic carbocycles. The maximum Gasteiger partial charge on any atom is 0.246 e. The van der Waals surface area contributed by atoms with Crippen molar-refractivity contribution in [3.63, 3.8) is 0 Å². The Hall–Kier alpha value is -0.730. The van der Waals surface area contributed by atoms with Gasteiger partial charge in [-0.05, 0) is 25.1 Å². The molecule has 21 heavy (non-hydrogen) atoms. The third-order valence-corrected chi connectivity index (χ3v) is 5.85. The molecule has 118 valence electrons. The van der Waals surface area contributed by atoms with Gasteiger partial charge >= 0.3 is 0 Å². The highest BCUT2D eigenvalue weighted by atomic mass is 35.5. The molecule has 1 aromatic rings. The smallest absolute Gasteiger partial charge is 0.246 e. The summed E-state index contributed by atoms with van der Waals surface area (Å²) in [7, 11) is -1.91. The number of rotatable bonds is 5. The Labute approximate surface area is 130 Å². The van der Waals surface area contributed by atoms with Gasteiger partial charge in [0, 0.05) is 39.5 Å². The number of aromatic nitrogens is 1. The number of halogens is 1. The zero-order chi connectivity index (χ0) is 15.3. The second kappa shape index (κ2) is 7.51. The van der Waals surface area contributed by atoms with Crippen molar-refractivity contribution >= 4 is 21.6 Å². The Bertz CT molecular complexity index is 568. The molecular weight excluding hydrogens is 314 g/mol. The van der Waals surface area contributed by atoms with E-state index in [1.165, 1.54) is 16.6 Å². The van der Waals surface area contributed by atoms with E-state index in [1.54, 1.807) is 13.2 Å². The lowest BCUT2D eigenvalue weighted by molar-refractivity contribution is 0.151. The minimum absolute atomic E-state index is 0.0259. The maximum absolute atomic E-state index is 12.6. The zero-order valence-electron chi connectivity index (χ0n) is 12.0. The third-order valence-electron chi connectivity index (χ3n) is 3.50. The van der Waals surface area contributed by atoms with E-state index < -0.39 is 10.0 Å². The number of methoxy groups -OCH3 is 1. The van der Waals surface area contributed by atoms with Gasteiger partial charge in [0.2, 0.25) is 10.0 Å². The molecule has 1 fully saturated rings. The summed E-state index contributed by atoms with van der Waals surface area (Å²) in [6, 6.07) is 3.08. The van der Waals surface area contributed by atoms with Gasteiger partial charge in [-0.25, -0.2) is 13.4 Å². The first-order chi connectivity index (χ1) is 10.1. The molecule has 0 amide bonds. The van der Waals surface area contributed by atoms with Gasteiger partial charge in [0.25, 0.3) is 0 Å². The molecule has 1 saturated heterocycles. The fourth-order valence-corrected chi connectivity index (χ4v) is 4.23. The van der Waals surface area contributed by atoms with E-state index in [2.05, 4.69) is 9.88 Å². The van der Waals surface area contributed by atoms with Crippen molar-refractivity contribution in [3.05, 3.63) is 23.5 Å². The minimum Gasteiger partial charge on any atom is -0.383 e. The van der Waals surface area contributed by atoms with Gasteiger partial charge in [0.05, 0.1) is 6.61 Å². The molecule has 0 spiro atoms. The predicted molar refractivity (Wildman–Crippen MR) is 80.9 cm³/mol. The quantitative estimate of drug-likeness (QED) is 0.754. The summed E-state index contributed by atoms with van der Waals surface area (Å²) in [4.78, 5) is 6.14. The molecule has 0 saturated carbocycles. The molecule has 1 aliphatic heterocycles. The van der Waals surface area contributed by atoms with Gasteiger partial charge in [0.1, 0.15) is 10.0 Å². The topological polar surface area (TPSA) is 62.7 Å². The van der Waals surface area contributed by atoms with Crippen LogP contribution >= 0.6 is 11.6 Å². The van der Waals surface area contributed by atoms with Crippen molar-refractivity contribution in [2.45, 2.75) is 11.3 Å². The number of hydrogen-bond donors (Lipinski definition) is 0. The highest BCUT2D eigenvalue weighted by Crippen LogP contribution is 2.23. The molecule has 2 rings (SSSR count). The van der Waals surface area contributed by atoms with E-state index in [9.17, 15) is 8.42 Å². The summed E-state index contributed by atoms with van der Waals surface area (Å²) in [5, 5.41) is 0.0259. The van der Waals surface area contributed by atoms with Crippen LogP contribution in [0.15, 0.2) is 23.2 Å². The Morgan fingerprint density at radius 1 is 1.33 bits per heavy atom. The molecule has 0 unspecified atom stereocenters. The number of pyridine rings is 1. The van der Waals surface area contributed by atoms with Crippen LogP contribution < -0.4 is 0 Å². The van der Waals surface area contributed by atoms with Gasteiger partial charge < -0.3 is 4.74 Å².